The lowest BCUT2D eigenvalue weighted by Gasteiger charge is -2.22. The van der Waals surface area contributed by atoms with Gasteiger partial charge in [0.2, 0.25) is 11.8 Å². The fourth-order valence-electron chi connectivity index (χ4n) is 3.33. The highest BCUT2D eigenvalue weighted by Gasteiger charge is 2.35. The quantitative estimate of drug-likeness (QED) is 0.794. The Morgan fingerprint density at radius 1 is 1.07 bits per heavy atom. The van der Waals surface area contributed by atoms with Gasteiger partial charge in [-0.25, -0.2) is 0 Å². The highest BCUT2D eigenvalue weighted by molar-refractivity contribution is 6.07. The summed E-state index contributed by atoms with van der Waals surface area (Å²) in [5, 5.41) is 5.73. The highest BCUT2D eigenvalue weighted by Crippen LogP contribution is 2.28. The number of hydrogen-bond donors (Lipinski definition) is 2. The van der Waals surface area contributed by atoms with E-state index in [0.717, 1.165) is 5.69 Å². The van der Waals surface area contributed by atoms with Crippen molar-refractivity contribution in [3.05, 3.63) is 54.1 Å². The summed E-state index contributed by atoms with van der Waals surface area (Å²) < 4.78 is 5.14. The van der Waals surface area contributed by atoms with Gasteiger partial charge in [0, 0.05) is 24.2 Å². The van der Waals surface area contributed by atoms with E-state index in [-0.39, 0.29) is 30.7 Å². The van der Waals surface area contributed by atoms with Gasteiger partial charge in [-0.3, -0.25) is 14.4 Å². The van der Waals surface area contributed by atoms with Crippen LogP contribution in [0.1, 0.15) is 37.6 Å². The molecule has 1 atom stereocenters. The smallest absolute Gasteiger partial charge is 0.253 e. The number of nitrogens with one attached hydrogen (secondary N) is 2. The first kappa shape index (κ1) is 21.4. The van der Waals surface area contributed by atoms with E-state index in [1.165, 1.54) is 0 Å². The fourth-order valence-corrected chi connectivity index (χ4v) is 3.33. The van der Waals surface area contributed by atoms with Gasteiger partial charge in [0.05, 0.1) is 24.3 Å². The number of carbonyl (C=O) groups excluding carboxylic acids is 3. The molecule has 158 valence electrons. The highest BCUT2D eigenvalue weighted by atomic mass is 16.5. The summed E-state index contributed by atoms with van der Waals surface area (Å²) in [7, 11) is 1.58. The molecule has 1 fully saturated rings. The molecule has 0 saturated carbocycles. The number of nitrogens with zero attached hydrogens (tertiary/aromatic N) is 1. The minimum atomic E-state index is -0.502. The van der Waals surface area contributed by atoms with Gasteiger partial charge in [-0.1, -0.05) is 12.1 Å². The van der Waals surface area contributed by atoms with Crippen LogP contribution in [0.25, 0.3) is 0 Å². The number of benzene rings is 2. The van der Waals surface area contributed by atoms with E-state index in [1.807, 2.05) is 20.8 Å². The maximum atomic E-state index is 12.9. The van der Waals surface area contributed by atoms with Gasteiger partial charge in [0.25, 0.3) is 5.91 Å². The molecule has 30 heavy (non-hydrogen) atoms. The Labute approximate surface area is 176 Å². The molecule has 0 radical (unpaired) electrons. The summed E-state index contributed by atoms with van der Waals surface area (Å²) in [5.41, 5.74) is 1.14. The van der Waals surface area contributed by atoms with Crippen LogP contribution >= 0.6 is 0 Å². The van der Waals surface area contributed by atoms with Crippen LogP contribution in [-0.4, -0.2) is 36.9 Å². The molecule has 0 bridgehead atoms. The summed E-state index contributed by atoms with van der Waals surface area (Å²) in [5.74, 6) is -0.460. The van der Waals surface area contributed by atoms with Crippen molar-refractivity contribution >= 4 is 29.1 Å². The van der Waals surface area contributed by atoms with Gasteiger partial charge in [0.15, 0.2) is 0 Å². The molecule has 3 rings (SSSR count). The first-order valence-electron chi connectivity index (χ1n) is 9.85. The number of methoxy groups -OCH3 is 1. The average molecular weight is 409 g/mol. The van der Waals surface area contributed by atoms with Gasteiger partial charge >= 0.3 is 0 Å². The van der Waals surface area contributed by atoms with Gasteiger partial charge in [0.1, 0.15) is 5.75 Å². The van der Waals surface area contributed by atoms with Crippen LogP contribution in [0.15, 0.2) is 48.5 Å². The predicted molar refractivity (Wildman–Crippen MR) is 116 cm³/mol. The van der Waals surface area contributed by atoms with E-state index in [1.54, 1.807) is 60.5 Å². The first-order chi connectivity index (χ1) is 14.2. The van der Waals surface area contributed by atoms with Crippen molar-refractivity contribution in [3.8, 4) is 5.75 Å². The molecule has 2 aromatic carbocycles. The summed E-state index contributed by atoms with van der Waals surface area (Å²) in [4.78, 5) is 39.5. The van der Waals surface area contributed by atoms with Crippen molar-refractivity contribution in [2.24, 2.45) is 5.92 Å². The topological polar surface area (TPSA) is 87.7 Å². The predicted octanol–water partition coefficient (Wildman–Crippen LogP) is 3.22. The fraction of sp³-hybridized carbons (Fsp3) is 0.348. The molecule has 7 heteroatoms. The zero-order chi connectivity index (χ0) is 21.9. The van der Waals surface area contributed by atoms with E-state index in [9.17, 15) is 14.4 Å². The third-order valence-corrected chi connectivity index (χ3v) is 4.80. The lowest BCUT2D eigenvalue weighted by Crippen LogP contribution is -2.41. The number of amides is 3. The lowest BCUT2D eigenvalue weighted by atomic mass is 10.1. The van der Waals surface area contributed by atoms with Crippen LogP contribution in [0.4, 0.5) is 11.4 Å². The maximum absolute atomic E-state index is 12.9. The zero-order valence-corrected chi connectivity index (χ0v) is 17.7. The second kappa shape index (κ2) is 8.57. The number of rotatable bonds is 5. The molecule has 0 aromatic heterocycles. The van der Waals surface area contributed by atoms with Crippen molar-refractivity contribution in [1.29, 1.82) is 0 Å². The maximum Gasteiger partial charge on any atom is 0.253 e. The molecule has 0 spiro atoms. The minimum absolute atomic E-state index is 0.112. The first-order valence-corrected chi connectivity index (χ1v) is 9.85. The Morgan fingerprint density at radius 3 is 2.37 bits per heavy atom. The van der Waals surface area contributed by atoms with Crippen LogP contribution < -0.4 is 20.3 Å². The summed E-state index contributed by atoms with van der Waals surface area (Å²) in [6.45, 7) is 5.96. The molecule has 7 nitrogen and oxygen atoms in total. The normalized spacial score (nSPS) is 16.3. The van der Waals surface area contributed by atoms with Crippen molar-refractivity contribution in [2.75, 3.05) is 23.9 Å². The number of ether oxygens (including phenoxy) is 1. The Kier molecular flexibility index (Phi) is 6.10. The average Bonchev–Trinajstić information content (AvgIpc) is 3.09. The van der Waals surface area contributed by atoms with Crippen molar-refractivity contribution in [2.45, 2.75) is 32.7 Å². The number of para-hydroxylation sites is 1. The largest absolute Gasteiger partial charge is 0.497 e. The second-order valence-corrected chi connectivity index (χ2v) is 8.34. The molecular weight excluding hydrogens is 382 g/mol. The Balaban J connectivity index is 1.71. The lowest BCUT2D eigenvalue weighted by molar-refractivity contribution is -0.122. The number of hydrogen-bond acceptors (Lipinski definition) is 4. The van der Waals surface area contributed by atoms with Gasteiger partial charge in [-0.2, -0.15) is 0 Å². The third-order valence-electron chi connectivity index (χ3n) is 4.80. The molecule has 1 unspecified atom stereocenters. The molecule has 1 saturated heterocycles. The SMILES string of the molecule is COc1ccc(N2CC(C(=O)Nc3ccccc3C(=O)NC(C)(C)C)CC2=O)cc1. The van der Waals surface area contributed by atoms with Gasteiger partial charge in [-0.15, -0.1) is 0 Å². The Hall–Kier alpha value is -3.35. The standard InChI is InChI=1S/C23H27N3O4/c1-23(2,3)25-22(29)18-7-5-6-8-19(18)24-21(28)15-13-20(27)26(14-15)16-9-11-17(30-4)12-10-16/h5-12,15H,13-14H2,1-4H3,(H,24,28)(H,25,29). The van der Waals surface area contributed by atoms with Crippen molar-refractivity contribution in [1.82, 2.24) is 5.32 Å². The molecule has 1 aliphatic heterocycles. The van der Waals surface area contributed by atoms with Crippen LogP contribution in [0.3, 0.4) is 0 Å². The summed E-state index contributed by atoms with van der Waals surface area (Å²) in [6, 6.07) is 14.0. The zero-order valence-electron chi connectivity index (χ0n) is 17.7. The number of anilines is 2. The van der Waals surface area contributed by atoms with Crippen molar-refractivity contribution < 1.29 is 19.1 Å². The van der Waals surface area contributed by atoms with Crippen LogP contribution in [0, 0.1) is 5.92 Å². The molecule has 0 aliphatic carbocycles. The molecule has 3 amide bonds. The summed E-state index contributed by atoms with van der Waals surface area (Å²) in [6.07, 6.45) is 0.119. The third kappa shape index (κ3) is 4.97. The van der Waals surface area contributed by atoms with E-state index in [0.29, 0.717) is 17.0 Å². The Bertz CT molecular complexity index is 948. The van der Waals surface area contributed by atoms with E-state index < -0.39 is 11.5 Å². The van der Waals surface area contributed by atoms with Crippen LogP contribution in [0.5, 0.6) is 5.75 Å². The van der Waals surface area contributed by atoms with Crippen molar-refractivity contribution in [3.63, 3.8) is 0 Å². The monoisotopic (exact) mass is 409 g/mol. The van der Waals surface area contributed by atoms with E-state index in [2.05, 4.69) is 10.6 Å². The minimum Gasteiger partial charge on any atom is -0.497 e. The Morgan fingerprint density at radius 2 is 1.73 bits per heavy atom. The molecular formula is C23H27N3O4. The molecule has 2 N–H and O–H groups in total. The van der Waals surface area contributed by atoms with E-state index >= 15 is 0 Å². The molecule has 2 aromatic rings. The van der Waals surface area contributed by atoms with Crippen LogP contribution in [0.2, 0.25) is 0 Å². The van der Waals surface area contributed by atoms with Gasteiger partial charge < -0.3 is 20.3 Å². The molecule has 1 aliphatic rings. The summed E-state index contributed by atoms with van der Waals surface area (Å²) >= 11 is 0. The van der Waals surface area contributed by atoms with Crippen LogP contribution in [-0.2, 0) is 9.59 Å². The molecule has 1 heterocycles. The second-order valence-electron chi connectivity index (χ2n) is 8.34. The van der Waals surface area contributed by atoms with Gasteiger partial charge in [-0.05, 0) is 57.2 Å². The number of carbonyl (C=O) groups is 3. The van der Waals surface area contributed by atoms with E-state index in [4.69, 9.17) is 4.74 Å².